The molecule has 6 heteroatoms. The fraction of sp³-hybridized carbons (Fsp3) is 0.429. The van der Waals surface area contributed by atoms with Crippen molar-refractivity contribution in [2.75, 3.05) is 6.61 Å². The number of halogens is 1. The van der Waals surface area contributed by atoms with Crippen molar-refractivity contribution in [3.8, 4) is 5.75 Å². The van der Waals surface area contributed by atoms with Crippen molar-refractivity contribution in [2.24, 2.45) is 5.73 Å². The van der Waals surface area contributed by atoms with Crippen LogP contribution in [-0.2, 0) is 5.75 Å². The lowest BCUT2D eigenvalue weighted by Gasteiger charge is -2.12. The number of carbonyl (C=O) groups is 1. The van der Waals surface area contributed by atoms with Gasteiger partial charge in [-0.2, -0.15) is 0 Å². The molecular weight excluding hydrogens is 296 g/mol. The number of nitrogens with one attached hydrogen (secondary N) is 1. The van der Waals surface area contributed by atoms with Crippen LogP contribution in [0.5, 0.6) is 5.75 Å². The second-order valence-corrected chi connectivity index (χ2v) is 5.25. The highest BCUT2D eigenvalue weighted by Crippen LogP contribution is 2.25. The highest BCUT2D eigenvalue weighted by Gasteiger charge is 2.09. The smallest absolute Gasteiger partial charge is 0.159 e. The van der Waals surface area contributed by atoms with E-state index in [0.717, 1.165) is 24.2 Å². The fourth-order valence-corrected chi connectivity index (χ4v) is 2.07. The van der Waals surface area contributed by atoms with E-state index in [4.69, 9.17) is 15.9 Å². The summed E-state index contributed by atoms with van der Waals surface area (Å²) in [6.45, 7) is 4.30. The first-order valence-electron chi connectivity index (χ1n) is 6.28. The molecule has 0 aliphatic carbocycles. The minimum absolute atomic E-state index is 0. The first kappa shape index (κ1) is 18.8. The second-order valence-electron chi connectivity index (χ2n) is 4.23. The topological polar surface area (TPSA) is 76.2 Å². The number of Topliss-reactive ketones (excluding diaryl/α,β-unsaturated/α-hetero) is 1. The van der Waals surface area contributed by atoms with E-state index < -0.39 is 0 Å². The highest BCUT2D eigenvalue weighted by atomic mass is 35.5. The summed E-state index contributed by atoms with van der Waals surface area (Å²) in [7, 11) is 0. The third kappa shape index (κ3) is 6.30. The van der Waals surface area contributed by atoms with Crippen molar-refractivity contribution in [3.05, 3.63) is 29.3 Å². The minimum Gasteiger partial charge on any atom is -0.493 e. The third-order valence-corrected chi connectivity index (χ3v) is 3.37. The molecule has 1 aromatic carbocycles. The summed E-state index contributed by atoms with van der Waals surface area (Å²) in [4.78, 5) is 11.4. The number of unbranched alkanes of at least 4 members (excludes halogenated alkanes) is 1. The zero-order valence-corrected chi connectivity index (χ0v) is 13.4. The van der Waals surface area contributed by atoms with Crippen LogP contribution >= 0.6 is 24.2 Å². The van der Waals surface area contributed by atoms with E-state index in [1.807, 2.05) is 12.1 Å². The second kappa shape index (κ2) is 9.66. The number of amidine groups is 1. The van der Waals surface area contributed by atoms with Crippen molar-refractivity contribution in [2.45, 2.75) is 32.4 Å². The van der Waals surface area contributed by atoms with Crippen molar-refractivity contribution < 1.29 is 9.53 Å². The van der Waals surface area contributed by atoms with Gasteiger partial charge in [0.05, 0.1) is 6.61 Å². The Balaban J connectivity index is 0.00000361. The van der Waals surface area contributed by atoms with Gasteiger partial charge >= 0.3 is 0 Å². The highest BCUT2D eigenvalue weighted by molar-refractivity contribution is 8.13. The van der Waals surface area contributed by atoms with Gasteiger partial charge in [-0.15, -0.1) is 12.4 Å². The van der Waals surface area contributed by atoms with Gasteiger partial charge in [0.2, 0.25) is 0 Å². The van der Waals surface area contributed by atoms with Gasteiger partial charge in [0.1, 0.15) is 5.75 Å². The molecule has 0 amide bonds. The van der Waals surface area contributed by atoms with Gasteiger partial charge in [0, 0.05) is 16.9 Å². The van der Waals surface area contributed by atoms with Crippen molar-refractivity contribution in [1.82, 2.24) is 0 Å². The summed E-state index contributed by atoms with van der Waals surface area (Å²) >= 11 is 1.23. The monoisotopic (exact) mass is 316 g/mol. The molecule has 0 saturated heterocycles. The minimum atomic E-state index is 0. The quantitative estimate of drug-likeness (QED) is 0.348. The molecule has 20 heavy (non-hydrogen) atoms. The van der Waals surface area contributed by atoms with Gasteiger partial charge in [0.15, 0.2) is 11.0 Å². The van der Waals surface area contributed by atoms with E-state index in [9.17, 15) is 4.79 Å². The van der Waals surface area contributed by atoms with Crippen LogP contribution in [-0.4, -0.2) is 17.6 Å². The molecule has 0 radical (unpaired) electrons. The molecule has 0 aromatic heterocycles. The lowest BCUT2D eigenvalue weighted by Crippen LogP contribution is -2.06. The summed E-state index contributed by atoms with van der Waals surface area (Å²) in [5, 5.41) is 7.32. The average Bonchev–Trinajstić information content (AvgIpc) is 2.37. The van der Waals surface area contributed by atoms with Crippen molar-refractivity contribution >= 4 is 35.1 Å². The maximum absolute atomic E-state index is 11.4. The van der Waals surface area contributed by atoms with E-state index >= 15 is 0 Å². The largest absolute Gasteiger partial charge is 0.493 e. The predicted molar refractivity (Wildman–Crippen MR) is 87.3 cm³/mol. The zero-order valence-electron chi connectivity index (χ0n) is 11.8. The van der Waals surface area contributed by atoms with Gasteiger partial charge in [-0.05, 0) is 31.5 Å². The first-order valence-corrected chi connectivity index (χ1v) is 7.26. The van der Waals surface area contributed by atoms with E-state index in [0.29, 0.717) is 17.9 Å². The lowest BCUT2D eigenvalue weighted by atomic mass is 10.1. The molecule has 0 saturated carbocycles. The summed E-state index contributed by atoms with van der Waals surface area (Å²) in [5.74, 6) is 1.33. The Morgan fingerprint density at radius 3 is 2.70 bits per heavy atom. The third-order valence-electron chi connectivity index (χ3n) is 2.61. The summed E-state index contributed by atoms with van der Waals surface area (Å²) in [6.07, 6.45) is 2.07. The van der Waals surface area contributed by atoms with Crippen LogP contribution in [0.25, 0.3) is 0 Å². The van der Waals surface area contributed by atoms with Crippen LogP contribution in [0, 0.1) is 5.41 Å². The molecular formula is C14H21ClN2O2S. The number of thioether (sulfide) groups is 1. The number of nitrogens with two attached hydrogens (primary N) is 1. The molecule has 0 spiro atoms. The Bertz CT molecular complexity index is 466. The summed E-state index contributed by atoms with van der Waals surface area (Å²) < 4.78 is 5.71. The Hall–Kier alpha value is -1.20. The number of rotatable bonds is 7. The van der Waals surface area contributed by atoms with Gasteiger partial charge in [-0.3, -0.25) is 10.2 Å². The van der Waals surface area contributed by atoms with E-state index in [1.165, 1.54) is 18.7 Å². The number of ether oxygens (including phenoxy) is 1. The Labute approximate surface area is 130 Å². The Kier molecular flexibility index (Phi) is 9.08. The molecule has 1 aromatic rings. The average molecular weight is 317 g/mol. The Morgan fingerprint density at radius 1 is 1.45 bits per heavy atom. The van der Waals surface area contributed by atoms with Gasteiger partial charge in [-0.25, -0.2) is 0 Å². The molecule has 0 heterocycles. The maximum Gasteiger partial charge on any atom is 0.159 e. The number of hydrogen-bond donors (Lipinski definition) is 2. The predicted octanol–water partition coefficient (Wildman–Crippen LogP) is 3.62. The van der Waals surface area contributed by atoms with Crippen LogP contribution in [0.3, 0.4) is 0 Å². The molecule has 1 rings (SSSR count). The van der Waals surface area contributed by atoms with E-state index in [2.05, 4.69) is 6.92 Å². The van der Waals surface area contributed by atoms with Gasteiger partial charge in [-0.1, -0.05) is 25.1 Å². The molecule has 0 aliphatic rings. The van der Waals surface area contributed by atoms with Crippen LogP contribution in [0.1, 0.15) is 42.6 Å². The van der Waals surface area contributed by atoms with E-state index in [-0.39, 0.29) is 23.4 Å². The number of benzene rings is 1. The van der Waals surface area contributed by atoms with Crippen LogP contribution in [0.4, 0.5) is 0 Å². The zero-order chi connectivity index (χ0) is 14.3. The summed E-state index contributed by atoms with van der Waals surface area (Å²) in [6, 6.07) is 5.41. The van der Waals surface area contributed by atoms with Crippen molar-refractivity contribution in [1.29, 1.82) is 5.41 Å². The molecule has 0 bridgehead atoms. The molecule has 0 aliphatic heterocycles. The maximum atomic E-state index is 11.4. The number of hydrogen-bond acceptors (Lipinski definition) is 4. The SMILES string of the molecule is CCCCOc1ccc(C(C)=O)cc1CSC(=N)N.Cl. The standard InChI is InChI=1S/C14H20N2O2S.ClH/c1-3-4-7-18-13-6-5-11(10(2)17)8-12(13)9-19-14(15)16;/h5-6,8H,3-4,7,9H2,1-2H3,(H3,15,16);1H. The van der Waals surface area contributed by atoms with Crippen molar-refractivity contribution in [3.63, 3.8) is 0 Å². The van der Waals surface area contributed by atoms with Crippen LogP contribution < -0.4 is 10.5 Å². The molecule has 0 atom stereocenters. The Morgan fingerprint density at radius 2 is 2.15 bits per heavy atom. The normalized spacial score (nSPS) is 9.70. The summed E-state index contributed by atoms with van der Waals surface area (Å²) in [5.41, 5.74) is 6.91. The van der Waals surface area contributed by atoms with E-state index in [1.54, 1.807) is 6.07 Å². The molecule has 3 N–H and O–H groups in total. The van der Waals surface area contributed by atoms with Crippen LogP contribution in [0.2, 0.25) is 0 Å². The molecule has 112 valence electrons. The molecule has 0 fully saturated rings. The lowest BCUT2D eigenvalue weighted by molar-refractivity contribution is 0.101. The molecule has 0 unspecified atom stereocenters. The first-order chi connectivity index (χ1) is 9.04. The van der Waals surface area contributed by atoms with Crippen LogP contribution in [0.15, 0.2) is 18.2 Å². The molecule has 4 nitrogen and oxygen atoms in total. The number of ketones is 1. The van der Waals surface area contributed by atoms with Gasteiger partial charge in [0.25, 0.3) is 0 Å². The fourth-order valence-electron chi connectivity index (χ4n) is 1.53. The number of carbonyl (C=O) groups excluding carboxylic acids is 1. The van der Waals surface area contributed by atoms with Gasteiger partial charge < -0.3 is 10.5 Å².